The summed E-state index contributed by atoms with van der Waals surface area (Å²) in [6, 6.07) is 5.76. The molecule has 0 spiro atoms. The summed E-state index contributed by atoms with van der Waals surface area (Å²) in [6.45, 7) is 3.92. The third-order valence-corrected chi connectivity index (χ3v) is 3.18. The minimum absolute atomic E-state index is 0.166. The molecule has 1 heterocycles. The summed E-state index contributed by atoms with van der Waals surface area (Å²) in [7, 11) is 0. The maximum Gasteiger partial charge on any atom is 0.319 e. The number of carbonyl (C=O) groups is 1. The highest BCUT2D eigenvalue weighted by molar-refractivity contribution is 5.89. The summed E-state index contributed by atoms with van der Waals surface area (Å²) >= 11 is 0. The van der Waals surface area contributed by atoms with Crippen LogP contribution in [0, 0.1) is 11.7 Å². The van der Waals surface area contributed by atoms with Crippen molar-refractivity contribution in [2.75, 3.05) is 18.4 Å². The molecule has 1 aliphatic heterocycles. The Morgan fingerprint density at radius 1 is 1.50 bits per heavy atom. The van der Waals surface area contributed by atoms with Gasteiger partial charge in [0.25, 0.3) is 0 Å². The fourth-order valence-corrected chi connectivity index (χ4v) is 2.13. The molecule has 4 nitrogen and oxygen atoms in total. The van der Waals surface area contributed by atoms with E-state index in [0.29, 0.717) is 11.6 Å². The number of carbonyl (C=O) groups excluding carboxylic acids is 1. The Morgan fingerprint density at radius 2 is 2.33 bits per heavy atom. The molecular formula is C13H18FN3O. The van der Waals surface area contributed by atoms with Gasteiger partial charge in [-0.2, -0.15) is 0 Å². The van der Waals surface area contributed by atoms with E-state index in [0.717, 1.165) is 19.5 Å². The summed E-state index contributed by atoms with van der Waals surface area (Å²) in [5, 5.41) is 8.84. The van der Waals surface area contributed by atoms with E-state index >= 15 is 0 Å². The average molecular weight is 251 g/mol. The molecule has 2 rings (SSSR count). The molecule has 0 aliphatic carbocycles. The second-order valence-corrected chi connectivity index (χ2v) is 4.69. The Morgan fingerprint density at radius 3 is 3.06 bits per heavy atom. The van der Waals surface area contributed by atoms with E-state index in [1.54, 1.807) is 12.1 Å². The van der Waals surface area contributed by atoms with Crippen molar-refractivity contribution in [3.8, 4) is 0 Å². The first-order valence-electron chi connectivity index (χ1n) is 6.19. The second-order valence-electron chi connectivity index (χ2n) is 4.69. The number of rotatable bonds is 2. The van der Waals surface area contributed by atoms with Gasteiger partial charge in [0.2, 0.25) is 0 Å². The van der Waals surface area contributed by atoms with Gasteiger partial charge in [0.15, 0.2) is 0 Å². The lowest BCUT2D eigenvalue weighted by Gasteiger charge is -2.30. The number of hydrogen-bond donors (Lipinski definition) is 3. The number of halogens is 1. The Hall–Kier alpha value is -1.62. The van der Waals surface area contributed by atoms with Gasteiger partial charge in [-0.05, 0) is 43.6 Å². The Bertz CT molecular complexity index is 424. The first-order chi connectivity index (χ1) is 8.65. The number of piperidine rings is 1. The van der Waals surface area contributed by atoms with Gasteiger partial charge in [-0.3, -0.25) is 0 Å². The SMILES string of the molecule is CC1CNCCC1NC(=O)Nc1cccc(F)c1. The van der Waals surface area contributed by atoms with E-state index in [1.165, 1.54) is 12.1 Å². The molecule has 1 fully saturated rings. The van der Waals surface area contributed by atoms with Crippen molar-refractivity contribution in [1.29, 1.82) is 0 Å². The maximum atomic E-state index is 13.0. The minimum Gasteiger partial charge on any atom is -0.335 e. The van der Waals surface area contributed by atoms with E-state index < -0.39 is 0 Å². The highest BCUT2D eigenvalue weighted by Crippen LogP contribution is 2.12. The lowest BCUT2D eigenvalue weighted by atomic mass is 9.95. The van der Waals surface area contributed by atoms with Crippen molar-refractivity contribution in [1.82, 2.24) is 10.6 Å². The number of anilines is 1. The second kappa shape index (κ2) is 5.82. The van der Waals surface area contributed by atoms with Crippen molar-refractivity contribution in [2.24, 2.45) is 5.92 Å². The lowest BCUT2D eigenvalue weighted by molar-refractivity contribution is 0.236. The molecular weight excluding hydrogens is 233 g/mol. The van der Waals surface area contributed by atoms with E-state index in [-0.39, 0.29) is 17.9 Å². The minimum atomic E-state index is -0.358. The Kier molecular flexibility index (Phi) is 4.15. The van der Waals surface area contributed by atoms with E-state index in [4.69, 9.17) is 0 Å². The predicted octanol–water partition coefficient (Wildman–Crippen LogP) is 1.95. The molecule has 18 heavy (non-hydrogen) atoms. The van der Waals surface area contributed by atoms with Crippen LogP contribution in [-0.4, -0.2) is 25.2 Å². The fraction of sp³-hybridized carbons (Fsp3) is 0.462. The smallest absolute Gasteiger partial charge is 0.319 e. The normalized spacial score (nSPS) is 23.4. The zero-order valence-electron chi connectivity index (χ0n) is 10.4. The maximum absolute atomic E-state index is 13.0. The van der Waals surface area contributed by atoms with Crippen molar-refractivity contribution in [2.45, 2.75) is 19.4 Å². The van der Waals surface area contributed by atoms with E-state index in [1.807, 2.05) is 0 Å². The van der Waals surface area contributed by atoms with Crippen LogP contribution < -0.4 is 16.0 Å². The summed E-state index contributed by atoms with van der Waals surface area (Å²) in [5.74, 6) is 0.0417. The quantitative estimate of drug-likeness (QED) is 0.752. The molecule has 2 unspecified atom stereocenters. The van der Waals surface area contributed by atoms with Crippen LogP contribution in [0.1, 0.15) is 13.3 Å². The van der Waals surface area contributed by atoms with Gasteiger partial charge >= 0.3 is 6.03 Å². The summed E-state index contributed by atoms with van der Waals surface area (Å²) in [5.41, 5.74) is 0.467. The van der Waals surface area contributed by atoms with Gasteiger partial charge in [-0.25, -0.2) is 9.18 Å². The largest absolute Gasteiger partial charge is 0.335 e. The molecule has 5 heteroatoms. The van der Waals surface area contributed by atoms with Crippen molar-refractivity contribution in [3.63, 3.8) is 0 Å². The van der Waals surface area contributed by atoms with Crippen molar-refractivity contribution < 1.29 is 9.18 Å². The molecule has 1 aromatic rings. The van der Waals surface area contributed by atoms with Gasteiger partial charge in [-0.1, -0.05) is 13.0 Å². The molecule has 98 valence electrons. The van der Waals surface area contributed by atoms with Gasteiger partial charge in [0.1, 0.15) is 5.82 Å². The molecule has 0 aromatic heterocycles. The summed E-state index contributed by atoms with van der Waals surface area (Å²) < 4.78 is 13.0. The van der Waals surface area contributed by atoms with Gasteiger partial charge < -0.3 is 16.0 Å². The number of hydrogen-bond acceptors (Lipinski definition) is 2. The molecule has 2 amide bonds. The van der Waals surface area contributed by atoms with Crippen LogP contribution in [0.15, 0.2) is 24.3 Å². The number of urea groups is 1. The fourth-order valence-electron chi connectivity index (χ4n) is 2.13. The van der Waals surface area contributed by atoms with Crippen molar-refractivity contribution >= 4 is 11.7 Å². The Labute approximate surface area is 106 Å². The van der Waals surface area contributed by atoms with Crippen molar-refractivity contribution in [3.05, 3.63) is 30.1 Å². The number of benzene rings is 1. The highest BCUT2D eigenvalue weighted by Gasteiger charge is 2.22. The van der Waals surface area contributed by atoms with E-state index in [9.17, 15) is 9.18 Å². The van der Waals surface area contributed by atoms with Crippen LogP contribution in [0.3, 0.4) is 0 Å². The van der Waals surface area contributed by atoms with Crippen LogP contribution in [0.25, 0.3) is 0 Å². The predicted molar refractivity (Wildman–Crippen MR) is 69.0 cm³/mol. The monoisotopic (exact) mass is 251 g/mol. The van der Waals surface area contributed by atoms with Crippen LogP contribution in [0.2, 0.25) is 0 Å². The molecule has 1 saturated heterocycles. The summed E-state index contributed by atoms with van der Waals surface area (Å²) in [6.07, 6.45) is 0.914. The molecule has 1 aromatic carbocycles. The van der Waals surface area contributed by atoms with Crippen LogP contribution in [0.5, 0.6) is 0 Å². The first-order valence-corrected chi connectivity index (χ1v) is 6.19. The molecule has 3 N–H and O–H groups in total. The molecule has 0 saturated carbocycles. The standard InChI is InChI=1S/C13H18FN3O/c1-9-8-15-6-5-12(9)17-13(18)16-11-4-2-3-10(14)7-11/h2-4,7,9,12,15H,5-6,8H2,1H3,(H2,16,17,18). The summed E-state index contributed by atoms with van der Waals surface area (Å²) in [4.78, 5) is 11.8. The van der Waals surface area contributed by atoms with Crippen LogP contribution >= 0.6 is 0 Å². The third kappa shape index (κ3) is 3.43. The van der Waals surface area contributed by atoms with E-state index in [2.05, 4.69) is 22.9 Å². The topological polar surface area (TPSA) is 53.2 Å². The molecule has 0 bridgehead atoms. The molecule has 2 atom stereocenters. The zero-order chi connectivity index (χ0) is 13.0. The highest BCUT2D eigenvalue weighted by atomic mass is 19.1. The number of nitrogens with one attached hydrogen (secondary N) is 3. The molecule has 1 aliphatic rings. The van der Waals surface area contributed by atoms with Gasteiger partial charge in [0.05, 0.1) is 0 Å². The lowest BCUT2D eigenvalue weighted by Crippen LogP contribution is -2.49. The van der Waals surface area contributed by atoms with Crippen LogP contribution in [0.4, 0.5) is 14.9 Å². The first kappa shape index (κ1) is 12.8. The van der Waals surface area contributed by atoms with Gasteiger partial charge in [-0.15, -0.1) is 0 Å². The third-order valence-electron chi connectivity index (χ3n) is 3.18. The average Bonchev–Trinajstić information content (AvgIpc) is 2.32. The zero-order valence-corrected chi connectivity index (χ0v) is 10.4. The Balaban J connectivity index is 1.88. The van der Waals surface area contributed by atoms with Gasteiger partial charge in [0, 0.05) is 11.7 Å². The number of amides is 2. The molecule has 0 radical (unpaired) electrons. The van der Waals surface area contributed by atoms with Crippen LogP contribution in [-0.2, 0) is 0 Å².